The van der Waals surface area contributed by atoms with Gasteiger partial charge in [-0.2, -0.15) is 0 Å². The van der Waals surface area contributed by atoms with Gasteiger partial charge in [-0.1, -0.05) is 11.6 Å². The van der Waals surface area contributed by atoms with Gasteiger partial charge in [0.2, 0.25) is 0 Å². The predicted octanol–water partition coefficient (Wildman–Crippen LogP) is 2.16. The molecule has 1 rings (SSSR count). The van der Waals surface area contributed by atoms with Crippen molar-refractivity contribution in [1.29, 1.82) is 0 Å². The first-order chi connectivity index (χ1) is 4.20. The van der Waals surface area contributed by atoms with Crippen LogP contribution in [0.3, 0.4) is 0 Å². The molecule has 1 nitrogen and oxygen atoms in total. The summed E-state index contributed by atoms with van der Waals surface area (Å²) in [5.41, 5.74) is 0. The second kappa shape index (κ2) is 4.30. The van der Waals surface area contributed by atoms with Crippen LogP contribution in [0.4, 0.5) is 0 Å². The summed E-state index contributed by atoms with van der Waals surface area (Å²) in [6.45, 7) is 0. The van der Waals surface area contributed by atoms with Gasteiger partial charge >= 0.3 is 18.9 Å². The fourth-order valence-corrected chi connectivity index (χ4v) is 1.16. The zero-order chi connectivity index (χ0) is 6.85. The fraction of sp³-hybridized carbons (Fsp3) is 0. The number of halogens is 2. The van der Waals surface area contributed by atoms with Gasteiger partial charge in [-0.3, -0.25) is 0 Å². The second-order valence-corrected chi connectivity index (χ2v) is 2.89. The van der Waals surface area contributed by atoms with Crippen molar-refractivity contribution in [3.8, 4) is 5.75 Å². The topological polar surface area (TPSA) is 20.2 Å². The van der Waals surface area contributed by atoms with Crippen molar-refractivity contribution < 1.29 is 5.11 Å². The number of hydrogen-bond acceptors (Lipinski definition) is 1. The Balaban J connectivity index is 0.000000810. The summed E-state index contributed by atoms with van der Waals surface area (Å²) in [7, 11) is 0. The summed E-state index contributed by atoms with van der Waals surface area (Å²) in [6, 6.07) is 4.80. The number of aromatic hydroxyl groups is 1. The summed E-state index contributed by atoms with van der Waals surface area (Å²) in [5.74, 6) is 0.208. The normalized spacial score (nSPS) is 8.60. The molecule has 0 bridgehead atoms. The Kier molecular flexibility index (Phi) is 4.47. The molecular formula is C6H5BrClLiO. The third-order valence-corrected chi connectivity index (χ3v) is 1.78. The van der Waals surface area contributed by atoms with Crippen LogP contribution in [0.5, 0.6) is 5.75 Å². The van der Waals surface area contributed by atoms with Crippen LogP contribution in [0, 0.1) is 0 Å². The molecule has 1 aromatic rings. The zero-order valence-corrected chi connectivity index (χ0v) is 6.78. The maximum absolute atomic E-state index is 8.94. The molecule has 0 saturated heterocycles. The van der Waals surface area contributed by atoms with Crippen molar-refractivity contribution in [1.82, 2.24) is 0 Å². The second-order valence-electron chi connectivity index (χ2n) is 1.60. The minimum absolute atomic E-state index is 0. The SMILES string of the molecule is Oc1ccc(Cl)cc1Br.[LiH]. The molecule has 0 aliphatic heterocycles. The molecule has 0 spiro atoms. The van der Waals surface area contributed by atoms with E-state index >= 15 is 0 Å². The molecule has 1 N–H and O–H groups in total. The van der Waals surface area contributed by atoms with Crippen molar-refractivity contribution in [2.75, 3.05) is 0 Å². The number of benzene rings is 1. The van der Waals surface area contributed by atoms with Crippen molar-refractivity contribution in [2.45, 2.75) is 0 Å². The molecular weight excluding hydrogens is 210 g/mol. The van der Waals surface area contributed by atoms with Crippen LogP contribution < -0.4 is 0 Å². The molecule has 0 aromatic heterocycles. The van der Waals surface area contributed by atoms with Crippen molar-refractivity contribution in [3.63, 3.8) is 0 Å². The first kappa shape index (κ1) is 10.4. The predicted molar refractivity (Wildman–Crippen MR) is 48.0 cm³/mol. The molecule has 0 aliphatic carbocycles. The Morgan fingerprint density at radius 2 is 2.00 bits per heavy atom. The number of phenolic OH excluding ortho intramolecular Hbond substituents is 1. The van der Waals surface area contributed by atoms with Crippen LogP contribution in [-0.2, 0) is 0 Å². The summed E-state index contributed by atoms with van der Waals surface area (Å²) in [4.78, 5) is 0. The molecule has 0 amide bonds. The molecule has 0 unspecified atom stereocenters. The molecule has 10 heavy (non-hydrogen) atoms. The molecule has 0 radical (unpaired) electrons. The van der Waals surface area contributed by atoms with E-state index in [-0.39, 0.29) is 24.6 Å². The van der Waals surface area contributed by atoms with Gasteiger partial charge in [-0.15, -0.1) is 0 Å². The zero-order valence-electron chi connectivity index (χ0n) is 4.44. The third-order valence-electron chi connectivity index (χ3n) is 0.910. The molecule has 50 valence electrons. The van der Waals surface area contributed by atoms with Gasteiger partial charge in [0.05, 0.1) is 4.47 Å². The van der Waals surface area contributed by atoms with Gasteiger partial charge in [-0.05, 0) is 34.1 Å². The van der Waals surface area contributed by atoms with Crippen LogP contribution >= 0.6 is 27.5 Å². The van der Waals surface area contributed by atoms with Crippen LogP contribution in [0.25, 0.3) is 0 Å². The van der Waals surface area contributed by atoms with Crippen LogP contribution in [-0.4, -0.2) is 24.0 Å². The molecule has 0 fully saturated rings. The average molecular weight is 215 g/mol. The van der Waals surface area contributed by atoms with Crippen molar-refractivity contribution in [2.24, 2.45) is 0 Å². The van der Waals surface area contributed by atoms with E-state index in [1.54, 1.807) is 12.1 Å². The van der Waals surface area contributed by atoms with Crippen LogP contribution in [0.15, 0.2) is 22.7 Å². The van der Waals surface area contributed by atoms with Crippen molar-refractivity contribution in [3.05, 3.63) is 27.7 Å². The average Bonchev–Trinajstić information content (AvgIpc) is 1.80. The summed E-state index contributed by atoms with van der Waals surface area (Å²) < 4.78 is 0.620. The monoisotopic (exact) mass is 214 g/mol. The molecule has 1 aromatic carbocycles. The van der Waals surface area contributed by atoms with Crippen LogP contribution in [0.2, 0.25) is 5.02 Å². The Hall–Kier alpha value is 0.387. The number of phenols is 1. The quantitative estimate of drug-likeness (QED) is 0.658. The third kappa shape index (κ3) is 2.55. The molecule has 0 saturated carbocycles. The van der Waals surface area contributed by atoms with E-state index in [1.807, 2.05) is 0 Å². The Labute approximate surface area is 84.7 Å². The van der Waals surface area contributed by atoms with Gasteiger partial charge in [0.1, 0.15) is 5.75 Å². The fourth-order valence-electron chi connectivity index (χ4n) is 0.481. The van der Waals surface area contributed by atoms with Gasteiger partial charge in [0.15, 0.2) is 0 Å². The summed E-state index contributed by atoms with van der Waals surface area (Å²) in [6.07, 6.45) is 0. The summed E-state index contributed by atoms with van der Waals surface area (Å²) in [5, 5.41) is 9.55. The van der Waals surface area contributed by atoms with Gasteiger partial charge in [0, 0.05) is 5.02 Å². The van der Waals surface area contributed by atoms with E-state index in [4.69, 9.17) is 16.7 Å². The van der Waals surface area contributed by atoms with E-state index in [9.17, 15) is 0 Å². The van der Waals surface area contributed by atoms with E-state index in [0.29, 0.717) is 9.50 Å². The Bertz CT molecular complexity index is 229. The van der Waals surface area contributed by atoms with Gasteiger partial charge < -0.3 is 5.11 Å². The molecule has 0 aliphatic rings. The molecule has 0 heterocycles. The number of rotatable bonds is 0. The van der Waals surface area contributed by atoms with E-state index in [1.165, 1.54) is 6.07 Å². The summed E-state index contributed by atoms with van der Waals surface area (Å²) >= 11 is 8.69. The molecule has 4 heteroatoms. The Morgan fingerprint density at radius 1 is 1.40 bits per heavy atom. The van der Waals surface area contributed by atoms with Gasteiger partial charge in [0.25, 0.3) is 0 Å². The molecule has 0 atom stereocenters. The van der Waals surface area contributed by atoms with Crippen molar-refractivity contribution >= 4 is 46.4 Å². The van der Waals surface area contributed by atoms with E-state index in [0.717, 1.165) is 0 Å². The standard InChI is InChI=1S/C6H4BrClO.Li.H/c7-5-3-4(8)1-2-6(5)9;;/h1-3,9H;;. The van der Waals surface area contributed by atoms with E-state index in [2.05, 4.69) is 15.9 Å². The Morgan fingerprint density at radius 3 is 2.40 bits per heavy atom. The van der Waals surface area contributed by atoms with E-state index < -0.39 is 0 Å². The van der Waals surface area contributed by atoms with Crippen LogP contribution in [0.1, 0.15) is 0 Å². The maximum atomic E-state index is 8.94. The van der Waals surface area contributed by atoms with Gasteiger partial charge in [-0.25, -0.2) is 0 Å². The first-order valence-electron chi connectivity index (χ1n) is 2.34. The first-order valence-corrected chi connectivity index (χ1v) is 3.51. The minimum atomic E-state index is 0. The number of hydrogen-bond donors (Lipinski definition) is 1.